The van der Waals surface area contributed by atoms with Gasteiger partial charge < -0.3 is 19.8 Å². The van der Waals surface area contributed by atoms with E-state index in [0.717, 1.165) is 38.0 Å². The molecule has 2 heterocycles. The second kappa shape index (κ2) is 8.56. The van der Waals surface area contributed by atoms with Crippen molar-refractivity contribution in [2.24, 2.45) is 5.92 Å². The molecule has 0 bridgehead atoms. The number of aromatic nitrogens is 2. The van der Waals surface area contributed by atoms with Gasteiger partial charge in [-0.1, -0.05) is 35.5 Å². The minimum absolute atomic E-state index is 0.0825. The molecule has 1 fully saturated rings. The van der Waals surface area contributed by atoms with Crippen LogP contribution in [0.15, 0.2) is 34.9 Å². The Morgan fingerprint density at radius 2 is 2.00 bits per heavy atom. The molecule has 2 atom stereocenters. The average Bonchev–Trinajstić information content (AvgIpc) is 3.08. The Bertz CT molecular complexity index is 638. The maximum atomic E-state index is 10.4. The highest BCUT2D eigenvalue weighted by atomic mass is 16.5. The van der Waals surface area contributed by atoms with Crippen LogP contribution in [0.3, 0.4) is 0 Å². The lowest BCUT2D eigenvalue weighted by Gasteiger charge is -2.33. The number of aliphatic hydroxyl groups is 1. The number of aliphatic hydroxyl groups excluding tert-OH is 1. The zero-order valence-corrected chi connectivity index (χ0v) is 15.1. The van der Waals surface area contributed by atoms with Crippen LogP contribution >= 0.6 is 0 Å². The Hall–Kier alpha value is -1.76. The summed E-state index contributed by atoms with van der Waals surface area (Å²) in [7, 11) is 0. The van der Waals surface area contributed by atoms with E-state index in [1.54, 1.807) is 0 Å². The molecule has 0 radical (unpaired) electrons. The van der Waals surface area contributed by atoms with Crippen molar-refractivity contribution < 1.29 is 9.63 Å². The quantitative estimate of drug-likeness (QED) is 0.804. The maximum Gasteiger partial charge on any atom is 0.243 e. The average molecular weight is 344 g/mol. The summed E-state index contributed by atoms with van der Waals surface area (Å²) in [5.41, 5.74) is 0.995. The standard InChI is InChI=1S/C19H28N4O2/c1-14(19-21-15(2)22-25-19)20-12-16-8-10-23(11-9-16)13-18(24)17-6-4-3-5-7-17/h3-7,14,16,18,20,24H,8-13H2,1-2H3/t14-,18+/m0/s1. The highest BCUT2D eigenvalue weighted by molar-refractivity contribution is 5.17. The van der Waals surface area contributed by atoms with Gasteiger partial charge in [-0.25, -0.2) is 0 Å². The summed E-state index contributed by atoms with van der Waals surface area (Å²) >= 11 is 0. The molecular weight excluding hydrogens is 316 g/mol. The number of benzene rings is 1. The van der Waals surface area contributed by atoms with Crippen molar-refractivity contribution in [3.8, 4) is 0 Å². The van der Waals surface area contributed by atoms with Gasteiger partial charge in [-0.15, -0.1) is 0 Å². The lowest BCUT2D eigenvalue weighted by atomic mass is 9.96. The molecule has 0 saturated carbocycles. The van der Waals surface area contributed by atoms with Gasteiger partial charge in [0, 0.05) is 6.54 Å². The summed E-state index contributed by atoms with van der Waals surface area (Å²) in [4.78, 5) is 6.63. The van der Waals surface area contributed by atoms with Gasteiger partial charge in [0.1, 0.15) is 0 Å². The summed E-state index contributed by atoms with van der Waals surface area (Å²) in [6, 6.07) is 9.99. The fourth-order valence-electron chi connectivity index (χ4n) is 3.32. The molecule has 1 aliphatic heterocycles. The van der Waals surface area contributed by atoms with Crippen molar-refractivity contribution in [2.75, 3.05) is 26.2 Å². The van der Waals surface area contributed by atoms with E-state index in [-0.39, 0.29) is 6.04 Å². The molecule has 6 nitrogen and oxygen atoms in total. The van der Waals surface area contributed by atoms with Crippen molar-refractivity contribution in [2.45, 2.75) is 38.8 Å². The van der Waals surface area contributed by atoms with Crippen LogP contribution in [0.5, 0.6) is 0 Å². The number of hydrogen-bond acceptors (Lipinski definition) is 6. The van der Waals surface area contributed by atoms with Crippen molar-refractivity contribution in [1.29, 1.82) is 0 Å². The van der Waals surface area contributed by atoms with Crippen molar-refractivity contribution in [3.05, 3.63) is 47.6 Å². The van der Waals surface area contributed by atoms with E-state index >= 15 is 0 Å². The molecule has 0 spiro atoms. The third-order valence-corrected chi connectivity index (χ3v) is 4.95. The van der Waals surface area contributed by atoms with Crippen LogP contribution in [0.4, 0.5) is 0 Å². The van der Waals surface area contributed by atoms with Gasteiger partial charge >= 0.3 is 0 Å². The summed E-state index contributed by atoms with van der Waals surface area (Å²) in [5.74, 6) is 1.98. The number of rotatable bonds is 7. The molecule has 0 amide bonds. The van der Waals surface area contributed by atoms with Crippen LogP contribution in [0.1, 0.15) is 49.2 Å². The molecular formula is C19H28N4O2. The van der Waals surface area contributed by atoms with Gasteiger partial charge in [-0.05, 0) is 57.8 Å². The molecule has 3 rings (SSSR count). The smallest absolute Gasteiger partial charge is 0.243 e. The second-order valence-corrected chi connectivity index (χ2v) is 6.98. The summed E-state index contributed by atoms with van der Waals surface area (Å²) in [6.07, 6.45) is 1.88. The van der Waals surface area contributed by atoms with Crippen LogP contribution in [0.2, 0.25) is 0 Å². The predicted octanol–water partition coefficient (Wildman–Crippen LogP) is 2.47. The number of β-amino-alcohol motifs (C(OH)–C–C–N with tert-alkyl or cyclic N) is 1. The normalized spacial score (nSPS) is 19.0. The fourth-order valence-corrected chi connectivity index (χ4v) is 3.32. The van der Waals surface area contributed by atoms with E-state index in [0.29, 0.717) is 24.2 Å². The second-order valence-electron chi connectivity index (χ2n) is 6.98. The molecule has 2 N–H and O–H groups in total. The molecule has 25 heavy (non-hydrogen) atoms. The van der Waals surface area contributed by atoms with E-state index in [9.17, 15) is 5.11 Å². The number of hydrogen-bond donors (Lipinski definition) is 2. The molecule has 1 aromatic carbocycles. The fraction of sp³-hybridized carbons (Fsp3) is 0.579. The first-order valence-electron chi connectivity index (χ1n) is 9.11. The third-order valence-electron chi connectivity index (χ3n) is 4.95. The van der Waals surface area contributed by atoms with Crippen molar-refractivity contribution in [3.63, 3.8) is 0 Å². The molecule has 0 aliphatic carbocycles. The van der Waals surface area contributed by atoms with Gasteiger partial charge in [-0.3, -0.25) is 0 Å². The lowest BCUT2D eigenvalue weighted by molar-refractivity contribution is 0.0886. The third kappa shape index (κ3) is 5.11. The van der Waals surface area contributed by atoms with Gasteiger partial charge in [0.05, 0.1) is 12.1 Å². The number of nitrogens with zero attached hydrogens (tertiary/aromatic N) is 3. The largest absolute Gasteiger partial charge is 0.387 e. The first-order valence-corrected chi connectivity index (χ1v) is 9.11. The minimum atomic E-state index is -0.406. The van der Waals surface area contributed by atoms with E-state index in [2.05, 4.69) is 27.3 Å². The van der Waals surface area contributed by atoms with E-state index < -0.39 is 6.10 Å². The van der Waals surface area contributed by atoms with Crippen molar-refractivity contribution >= 4 is 0 Å². The van der Waals surface area contributed by atoms with Crippen LogP contribution in [0, 0.1) is 12.8 Å². The molecule has 2 aromatic rings. The Morgan fingerprint density at radius 1 is 1.28 bits per heavy atom. The van der Waals surface area contributed by atoms with E-state index in [1.165, 1.54) is 0 Å². The molecule has 1 aromatic heterocycles. The Balaban J connectivity index is 1.38. The van der Waals surface area contributed by atoms with Crippen LogP contribution in [-0.2, 0) is 0 Å². The van der Waals surface area contributed by atoms with E-state index in [4.69, 9.17) is 4.52 Å². The number of piperidine rings is 1. The first kappa shape index (κ1) is 18.0. The monoisotopic (exact) mass is 344 g/mol. The van der Waals surface area contributed by atoms with Gasteiger partial charge in [0.2, 0.25) is 5.89 Å². The highest BCUT2D eigenvalue weighted by Gasteiger charge is 2.22. The summed E-state index contributed by atoms with van der Waals surface area (Å²) < 4.78 is 5.21. The van der Waals surface area contributed by atoms with Gasteiger partial charge in [0.15, 0.2) is 5.82 Å². The Morgan fingerprint density at radius 3 is 2.64 bits per heavy atom. The first-order chi connectivity index (χ1) is 12.1. The van der Waals surface area contributed by atoms with Crippen molar-refractivity contribution in [1.82, 2.24) is 20.4 Å². The molecule has 136 valence electrons. The Labute approximate surface area is 149 Å². The number of nitrogens with one attached hydrogen (secondary N) is 1. The SMILES string of the molecule is Cc1noc([C@H](C)NCC2CCN(C[C@@H](O)c3ccccc3)CC2)n1. The Kier molecular flexibility index (Phi) is 6.18. The molecule has 1 saturated heterocycles. The zero-order valence-electron chi connectivity index (χ0n) is 15.1. The van der Waals surface area contributed by atoms with E-state index in [1.807, 2.05) is 37.3 Å². The van der Waals surface area contributed by atoms with Gasteiger partial charge in [0.25, 0.3) is 0 Å². The number of likely N-dealkylation sites (tertiary alicyclic amines) is 1. The topological polar surface area (TPSA) is 74.4 Å². The molecule has 1 aliphatic rings. The van der Waals surface area contributed by atoms with Gasteiger partial charge in [-0.2, -0.15) is 4.98 Å². The predicted molar refractivity (Wildman–Crippen MR) is 96.0 cm³/mol. The lowest BCUT2D eigenvalue weighted by Crippen LogP contribution is -2.39. The molecule has 6 heteroatoms. The molecule has 0 unspecified atom stereocenters. The summed E-state index contributed by atoms with van der Waals surface area (Å²) in [5, 5.41) is 17.7. The highest BCUT2D eigenvalue weighted by Crippen LogP contribution is 2.21. The van der Waals surface area contributed by atoms with Crippen LogP contribution in [0.25, 0.3) is 0 Å². The van der Waals surface area contributed by atoms with Crippen LogP contribution in [-0.4, -0.2) is 46.3 Å². The van der Waals surface area contributed by atoms with Crippen LogP contribution < -0.4 is 5.32 Å². The minimum Gasteiger partial charge on any atom is -0.387 e. The summed E-state index contributed by atoms with van der Waals surface area (Å²) in [6.45, 7) is 7.62. The zero-order chi connectivity index (χ0) is 17.6. The maximum absolute atomic E-state index is 10.4. The number of aryl methyl sites for hydroxylation is 1.